The van der Waals surface area contributed by atoms with E-state index in [9.17, 15) is 5.11 Å². The monoisotopic (exact) mass is 174 g/mol. The van der Waals surface area contributed by atoms with Gasteiger partial charge in [-0.25, -0.2) is 0 Å². The summed E-state index contributed by atoms with van der Waals surface area (Å²) in [7, 11) is 1.64. The van der Waals surface area contributed by atoms with E-state index in [-0.39, 0.29) is 0 Å². The lowest BCUT2D eigenvalue weighted by Gasteiger charge is -2.25. The van der Waals surface area contributed by atoms with Crippen molar-refractivity contribution in [2.75, 3.05) is 13.7 Å². The minimum atomic E-state index is -0.579. The third-order valence-corrected chi connectivity index (χ3v) is 2.32. The second kappa shape index (κ2) is 6.44. The summed E-state index contributed by atoms with van der Waals surface area (Å²) in [4.78, 5) is 0. The second-order valence-electron chi connectivity index (χ2n) is 3.47. The Morgan fingerprint density at radius 1 is 1.25 bits per heavy atom. The number of rotatable bonds is 7. The average molecular weight is 174 g/mol. The van der Waals surface area contributed by atoms with Gasteiger partial charge in [0.25, 0.3) is 0 Å². The van der Waals surface area contributed by atoms with Gasteiger partial charge in [-0.15, -0.1) is 0 Å². The van der Waals surface area contributed by atoms with Gasteiger partial charge in [-0.1, -0.05) is 33.1 Å². The summed E-state index contributed by atoms with van der Waals surface area (Å²) in [6, 6.07) is 0. The van der Waals surface area contributed by atoms with E-state index < -0.39 is 5.60 Å². The highest BCUT2D eigenvalue weighted by Gasteiger charge is 2.23. The fraction of sp³-hybridized carbons (Fsp3) is 1.00. The van der Waals surface area contributed by atoms with E-state index in [1.807, 2.05) is 6.92 Å². The largest absolute Gasteiger partial charge is 0.387 e. The first-order valence-corrected chi connectivity index (χ1v) is 4.90. The highest BCUT2D eigenvalue weighted by Crippen LogP contribution is 2.18. The maximum atomic E-state index is 9.92. The lowest BCUT2D eigenvalue weighted by molar-refractivity contribution is -0.0412. The van der Waals surface area contributed by atoms with Crippen LogP contribution in [0.2, 0.25) is 0 Å². The molecule has 0 aliphatic rings. The summed E-state index contributed by atoms with van der Waals surface area (Å²) in [5, 5.41) is 9.92. The van der Waals surface area contributed by atoms with Crippen molar-refractivity contribution in [1.29, 1.82) is 0 Å². The molecule has 0 fully saturated rings. The minimum absolute atomic E-state index is 0.465. The van der Waals surface area contributed by atoms with Gasteiger partial charge in [-0.3, -0.25) is 0 Å². The summed E-state index contributed by atoms with van der Waals surface area (Å²) in [5.41, 5.74) is -0.579. The molecule has 1 N–H and O–H groups in total. The molecule has 0 aromatic rings. The molecule has 2 nitrogen and oxygen atoms in total. The Balaban J connectivity index is 3.63. The molecule has 74 valence electrons. The standard InChI is InChI=1S/C10H22O2/c1-4-6-7-8-10(11,5-2)9-12-3/h11H,4-9H2,1-3H3. The zero-order chi connectivity index (χ0) is 9.45. The predicted molar refractivity (Wildman–Crippen MR) is 51.3 cm³/mol. The van der Waals surface area contributed by atoms with Crippen molar-refractivity contribution in [2.45, 2.75) is 51.6 Å². The van der Waals surface area contributed by atoms with Crippen LogP contribution >= 0.6 is 0 Å². The molecule has 0 amide bonds. The number of methoxy groups -OCH3 is 1. The van der Waals surface area contributed by atoms with Crippen molar-refractivity contribution >= 4 is 0 Å². The van der Waals surface area contributed by atoms with Crippen molar-refractivity contribution in [3.05, 3.63) is 0 Å². The van der Waals surface area contributed by atoms with Crippen molar-refractivity contribution in [3.63, 3.8) is 0 Å². The molecule has 0 aromatic heterocycles. The quantitative estimate of drug-likeness (QED) is 0.600. The van der Waals surface area contributed by atoms with Gasteiger partial charge in [0.2, 0.25) is 0 Å². The molecule has 2 heteroatoms. The molecule has 1 atom stereocenters. The van der Waals surface area contributed by atoms with Gasteiger partial charge in [0.15, 0.2) is 0 Å². The Morgan fingerprint density at radius 2 is 1.92 bits per heavy atom. The Hall–Kier alpha value is -0.0800. The molecule has 0 aliphatic heterocycles. The van der Waals surface area contributed by atoms with Crippen molar-refractivity contribution in [3.8, 4) is 0 Å². The minimum Gasteiger partial charge on any atom is -0.387 e. The molecule has 0 spiro atoms. The predicted octanol–water partition coefficient (Wildman–Crippen LogP) is 2.35. The van der Waals surface area contributed by atoms with Gasteiger partial charge in [-0.05, 0) is 12.8 Å². The van der Waals surface area contributed by atoms with Crippen LogP contribution in [0.15, 0.2) is 0 Å². The van der Waals surface area contributed by atoms with Crippen LogP contribution in [-0.2, 0) is 4.74 Å². The number of hydrogen-bond acceptors (Lipinski definition) is 2. The first-order chi connectivity index (χ1) is 5.68. The summed E-state index contributed by atoms with van der Waals surface area (Å²) >= 11 is 0. The Morgan fingerprint density at radius 3 is 2.33 bits per heavy atom. The van der Waals surface area contributed by atoms with Crippen LogP contribution in [0.1, 0.15) is 46.0 Å². The first kappa shape index (κ1) is 11.9. The SMILES string of the molecule is CCCCCC(O)(CC)COC. The number of unbranched alkanes of at least 4 members (excludes halogenated alkanes) is 2. The summed E-state index contributed by atoms with van der Waals surface area (Å²) < 4.78 is 4.98. The zero-order valence-corrected chi connectivity index (χ0v) is 8.60. The molecule has 0 rings (SSSR count). The second-order valence-corrected chi connectivity index (χ2v) is 3.47. The summed E-state index contributed by atoms with van der Waals surface area (Å²) in [6.45, 7) is 4.64. The molecule has 0 bridgehead atoms. The Labute approximate surface area is 75.9 Å². The van der Waals surface area contributed by atoms with Gasteiger partial charge in [0.1, 0.15) is 0 Å². The Kier molecular flexibility index (Phi) is 6.39. The topological polar surface area (TPSA) is 29.5 Å². The highest BCUT2D eigenvalue weighted by molar-refractivity contribution is 4.75. The molecule has 0 heterocycles. The third kappa shape index (κ3) is 4.73. The molecule has 12 heavy (non-hydrogen) atoms. The van der Waals surface area contributed by atoms with Gasteiger partial charge >= 0.3 is 0 Å². The molecule has 0 saturated carbocycles. The highest BCUT2D eigenvalue weighted by atomic mass is 16.5. The number of hydrogen-bond donors (Lipinski definition) is 1. The van der Waals surface area contributed by atoms with E-state index in [2.05, 4.69) is 6.92 Å². The van der Waals surface area contributed by atoms with E-state index in [1.165, 1.54) is 12.8 Å². The average Bonchev–Trinajstić information content (AvgIpc) is 2.06. The molecule has 0 saturated heterocycles. The lowest BCUT2D eigenvalue weighted by atomic mass is 9.94. The first-order valence-electron chi connectivity index (χ1n) is 4.90. The lowest BCUT2D eigenvalue weighted by Crippen LogP contribution is -2.33. The van der Waals surface area contributed by atoms with E-state index in [1.54, 1.807) is 7.11 Å². The fourth-order valence-corrected chi connectivity index (χ4v) is 1.32. The van der Waals surface area contributed by atoms with Crippen LogP contribution in [0, 0.1) is 0 Å². The van der Waals surface area contributed by atoms with E-state index in [4.69, 9.17) is 4.74 Å². The smallest absolute Gasteiger partial charge is 0.0877 e. The molecule has 0 aliphatic carbocycles. The molecular formula is C10H22O2. The summed E-state index contributed by atoms with van der Waals surface area (Å²) in [5.74, 6) is 0. The summed E-state index contributed by atoms with van der Waals surface area (Å²) in [6.07, 6.45) is 5.15. The van der Waals surface area contributed by atoms with Crippen molar-refractivity contribution in [1.82, 2.24) is 0 Å². The molecule has 0 aromatic carbocycles. The zero-order valence-electron chi connectivity index (χ0n) is 8.60. The Bertz CT molecular complexity index is 104. The van der Waals surface area contributed by atoms with Crippen LogP contribution in [0.5, 0.6) is 0 Å². The van der Waals surface area contributed by atoms with E-state index in [0.29, 0.717) is 6.61 Å². The van der Waals surface area contributed by atoms with Crippen LogP contribution in [-0.4, -0.2) is 24.4 Å². The maximum Gasteiger partial charge on any atom is 0.0877 e. The third-order valence-electron chi connectivity index (χ3n) is 2.32. The van der Waals surface area contributed by atoms with Crippen LogP contribution in [0.3, 0.4) is 0 Å². The van der Waals surface area contributed by atoms with Crippen LogP contribution in [0.25, 0.3) is 0 Å². The maximum absolute atomic E-state index is 9.92. The van der Waals surface area contributed by atoms with Crippen molar-refractivity contribution in [2.24, 2.45) is 0 Å². The van der Waals surface area contributed by atoms with Crippen LogP contribution < -0.4 is 0 Å². The fourth-order valence-electron chi connectivity index (χ4n) is 1.32. The van der Waals surface area contributed by atoms with Crippen LogP contribution in [0.4, 0.5) is 0 Å². The number of ether oxygens (including phenoxy) is 1. The van der Waals surface area contributed by atoms with Crippen molar-refractivity contribution < 1.29 is 9.84 Å². The van der Waals surface area contributed by atoms with E-state index >= 15 is 0 Å². The normalized spacial score (nSPS) is 16.0. The van der Waals surface area contributed by atoms with E-state index in [0.717, 1.165) is 19.3 Å². The number of aliphatic hydroxyl groups is 1. The van der Waals surface area contributed by atoms with Gasteiger partial charge in [0, 0.05) is 7.11 Å². The molecule has 0 radical (unpaired) electrons. The van der Waals surface area contributed by atoms with Gasteiger partial charge in [-0.2, -0.15) is 0 Å². The van der Waals surface area contributed by atoms with Gasteiger partial charge < -0.3 is 9.84 Å². The molecule has 1 unspecified atom stereocenters. The van der Waals surface area contributed by atoms with Gasteiger partial charge in [0.05, 0.1) is 12.2 Å². The molecular weight excluding hydrogens is 152 g/mol.